The van der Waals surface area contributed by atoms with Crippen LogP contribution in [0.25, 0.3) is 0 Å². The summed E-state index contributed by atoms with van der Waals surface area (Å²) in [7, 11) is 0. The molecule has 4 rings (SSSR count). The highest BCUT2D eigenvalue weighted by Gasteiger charge is 2.59. The van der Waals surface area contributed by atoms with E-state index in [-0.39, 0.29) is 49.4 Å². The number of alkyl carbamates (subject to hydrolysis) is 1. The largest absolute Gasteiger partial charge is 0.480 e. The Bertz CT molecular complexity index is 2040. The van der Waals surface area contributed by atoms with Crippen molar-refractivity contribution >= 4 is 29.8 Å². The summed E-state index contributed by atoms with van der Waals surface area (Å²) in [5, 5.41) is 19.3. The maximum atomic E-state index is 12.8. The maximum absolute atomic E-state index is 12.8. The van der Waals surface area contributed by atoms with Crippen LogP contribution in [0, 0.1) is 52.3 Å². The van der Waals surface area contributed by atoms with E-state index in [0.717, 1.165) is 60.7 Å². The Morgan fingerprint density at radius 3 is 1.38 bits per heavy atom. The quantitative estimate of drug-likeness (QED) is 0.0304. The predicted molar refractivity (Wildman–Crippen MR) is 346 cm³/mol. The third kappa shape index (κ3) is 31.9. The summed E-state index contributed by atoms with van der Waals surface area (Å²) in [5.41, 5.74) is 2.19. The second-order valence-corrected chi connectivity index (χ2v) is 25.8. The minimum Gasteiger partial charge on any atom is -0.480 e. The van der Waals surface area contributed by atoms with E-state index < -0.39 is 30.1 Å². The number of carbonyl (C=O) groups is 5. The van der Waals surface area contributed by atoms with Crippen molar-refractivity contribution in [1.29, 1.82) is 0 Å². The fraction of sp³-hybridized carbons (Fsp3) is 0.897. The van der Waals surface area contributed by atoms with Gasteiger partial charge in [0.2, 0.25) is 17.7 Å². The van der Waals surface area contributed by atoms with Gasteiger partial charge in [0.05, 0.1) is 172 Å². The SMILES string of the molecule is CC[C@H](CC[C@@H](C)[C@H]1CC[C@H]2[C@@H]3CC=C4C[C@@H](OC(=O)NCCNC(=O)CCOCCOCCOCCOCCOCCOCCOCCOCCOCCOCCOCCOCCOCCC(=O)N[C@@H](C)C(=O)N[C@@H](C)C(=O)O)CC[C@]4(C)[C@H]3CC[C@]12C)C(C)C. The number of carbonyl (C=O) groups excluding carboxylic acids is 4. The molecule has 0 aromatic heterocycles. The minimum absolute atomic E-state index is 0.0518. The number of aliphatic carboxylic acids is 1. The molecular formula is C68H122N4O20. The molecule has 0 bridgehead atoms. The standard InChI is InChI=1S/C68H122N4O20/c1-9-55(51(2)3)11-10-52(4)59-14-15-60-58-13-12-56-50-57(16-20-67(56,7)61(58)17-21-68(59,60)8)92-66(78)70-23-22-69-62(73)18-24-79-26-28-81-30-32-83-34-36-85-38-40-87-42-44-89-46-48-91-49-47-90-45-43-88-41-39-86-37-35-84-33-31-82-29-27-80-25-19-63(74)71-53(5)64(75)72-54(6)65(76)77/h12,51-55,57-61H,9-11,13-50H2,1-8H3,(H,69,73)(H,70,78)(H,71,74)(H,72,75)(H,76,77)/t52-,53+,54+,55-,57+,58+,59-,60+,61+,67+,68-/m1/s1. The fourth-order valence-corrected chi connectivity index (χ4v) is 13.9. The van der Waals surface area contributed by atoms with E-state index in [1.165, 1.54) is 70.8 Å². The Kier molecular flexibility index (Phi) is 42.3. The van der Waals surface area contributed by atoms with Crippen LogP contribution in [0.3, 0.4) is 0 Å². The molecule has 0 aliphatic heterocycles. The molecule has 4 aliphatic carbocycles. The highest BCUT2D eigenvalue weighted by atomic mass is 16.6. The van der Waals surface area contributed by atoms with Crippen LogP contribution in [0.4, 0.5) is 4.79 Å². The van der Waals surface area contributed by atoms with Crippen LogP contribution in [0.5, 0.6) is 0 Å². The zero-order chi connectivity index (χ0) is 66.7. The Morgan fingerprint density at radius 2 is 0.946 bits per heavy atom. The highest BCUT2D eigenvalue weighted by Crippen LogP contribution is 2.67. The first kappa shape index (κ1) is 80.8. The summed E-state index contributed by atoms with van der Waals surface area (Å²) in [5.74, 6) is 3.35. The van der Waals surface area contributed by atoms with Gasteiger partial charge in [-0.3, -0.25) is 19.2 Å². The number of ether oxygens (including phenoxy) is 14. The van der Waals surface area contributed by atoms with E-state index in [9.17, 15) is 24.0 Å². The van der Waals surface area contributed by atoms with Crippen molar-refractivity contribution in [1.82, 2.24) is 21.3 Å². The van der Waals surface area contributed by atoms with E-state index >= 15 is 0 Å². The second-order valence-electron chi connectivity index (χ2n) is 25.8. The van der Waals surface area contributed by atoms with Crippen LogP contribution in [-0.2, 0) is 85.5 Å². The van der Waals surface area contributed by atoms with E-state index in [4.69, 9.17) is 71.4 Å². The molecular weight excluding hydrogens is 1190 g/mol. The third-order valence-electron chi connectivity index (χ3n) is 19.2. The van der Waals surface area contributed by atoms with Gasteiger partial charge in [-0.25, -0.2) is 4.79 Å². The summed E-state index contributed by atoms with van der Waals surface area (Å²) in [6, 6.07) is -1.92. The zero-order valence-electron chi connectivity index (χ0n) is 57.5. The minimum atomic E-state index is -1.16. The molecule has 24 heteroatoms. The molecule has 11 atom stereocenters. The number of carboxylic acid groups (broad SMARTS) is 1. The molecule has 24 nitrogen and oxygen atoms in total. The van der Waals surface area contributed by atoms with Crippen LogP contribution in [0.1, 0.15) is 139 Å². The second kappa shape index (κ2) is 48.1. The van der Waals surface area contributed by atoms with Gasteiger partial charge in [-0.2, -0.15) is 0 Å². The van der Waals surface area contributed by atoms with Crippen LogP contribution >= 0.6 is 0 Å². The predicted octanol–water partition coefficient (Wildman–Crippen LogP) is 6.96. The number of allylic oxidation sites excluding steroid dienone is 1. The molecule has 4 amide bonds. The van der Waals surface area contributed by atoms with Gasteiger partial charge in [-0.15, -0.1) is 0 Å². The van der Waals surface area contributed by atoms with Crippen molar-refractivity contribution in [2.24, 2.45) is 52.3 Å². The molecule has 4 aliphatic rings. The average Bonchev–Trinajstić information content (AvgIpc) is 1.32. The highest BCUT2D eigenvalue weighted by molar-refractivity contribution is 5.90. The molecule has 0 unspecified atom stereocenters. The van der Waals surface area contributed by atoms with E-state index in [2.05, 4.69) is 68.9 Å². The number of hydrogen-bond donors (Lipinski definition) is 5. The lowest BCUT2D eigenvalue weighted by Crippen LogP contribution is -2.51. The van der Waals surface area contributed by atoms with Gasteiger partial charge in [-0.1, -0.05) is 66.0 Å². The van der Waals surface area contributed by atoms with Crippen molar-refractivity contribution in [3.63, 3.8) is 0 Å². The lowest BCUT2D eigenvalue weighted by atomic mass is 9.47. The molecule has 0 aromatic carbocycles. The van der Waals surface area contributed by atoms with E-state index in [1.54, 1.807) is 0 Å². The summed E-state index contributed by atoms with van der Waals surface area (Å²) < 4.78 is 77.6. The van der Waals surface area contributed by atoms with Crippen LogP contribution in [-0.4, -0.2) is 238 Å². The number of amides is 4. The smallest absolute Gasteiger partial charge is 0.407 e. The Morgan fingerprint density at radius 1 is 0.511 bits per heavy atom. The van der Waals surface area contributed by atoms with Crippen LogP contribution in [0.15, 0.2) is 11.6 Å². The normalized spacial score (nSPS) is 23.1. The molecule has 5 N–H and O–H groups in total. The number of fused-ring (bicyclic) bond motifs is 5. The third-order valence-corrected chi connectivity index (χ3v) is 19.2. The Balaban J connectivity index is 0.800. The number of hydrogen-bond acceptors (Lipinski definition) is 19. The first-order chi connectivity index (χ1) is 44.5. The molecule has 3 saturated carbocycles. The van der Waals surface area contributed by atoms with Crippen LogP contribution < -0.4 is 21.3 Å². The van der Waals surface area contributed by atoms with Gasteiger partial charge in [0, 0.05) is 32.4 Å². The molecule has 534 valence electrons. The van der Waals surface area contributed by atoms with Gasteiger partial charge in [-0.05, 0) is 117 Å². The fourth-order valence-electron chi connectivity index (χ4n) is 13.9. The molecule has 0 spiro atoms. The molecule has 3 fully saturated rings. The maximum Gasteiger partial charge on any atom is 0.407 e. The molecule has 0 radical (unpaired) electrons. The summed E-state index contributed by atoms with van der Waals surface area (Å²) in [4.78, 5) is 59.9. The molecule has 92 heavy (non-hydrogen) atoms. The van der Waals surface area contributed by atoms with E-state index in [0.29, 0.717) is 177 Å². The van der Waals surface area contributed by atoms with Crippen molar-refractivity contribution in [2.75, 3.05) is 185 Å². The van der Waals surface area contributed by atoms with Crippen molar-refractivity contribution in [3.8, 4) is 0 Å². The van der Waals surface area contributed by atoms with Gasteiger partial charge >= 0.3 is 12.1 Å². The Hall–Kier alpha value is -3.63. The first-order valence-corrected chi connectivity index (χ1v) is 34.7. The molecule has 0 heterocycles. The number of nitrogens with one attached hydrogen (secondary N) is 4. The summed E-state index contributed by atoms with van der Waals surface area (Å²) >= 11 is 0. The van der Waals surface area contributed by atoms with Gasteiger partial charge in [0.25, 0.3) is 0 Å². The van der Waals surface area contributed by atoms with Gasteiger partial charge in [0.15, 0.2) is 0 Å². The Labute approximate surface area is 550 Å². The van der Waals surface area contributed by atoms with E-state index in [1.807, 2.05) is 0 Å². The van der Waals surface area contributed by atoms with Crippen molar-refractivity contribution < 1.29 is 95.4 Å². The van der Waals surface area contributed by atoms with Crippen molar-refractivity contribution in [2.45, 2.75) is 157 Å². The number of rotatable bonds is 56. The molecule has 0 saturated heterocycles. The first-order valence-electron chi connectivity index (χ1n) is 34.7. The number of carboxylic acids is 1. The lowest BCUT2D eigenvalue weighted by molar-refractivity contribution is -0.141. The molecule has 0 aromatic rings. The summed E-state index contributed by atoms with van der Waals surface area (Å²) in [6.07, 6.45) is 15.8. The van der Waals surface area contributed by atoms with Crippen molar-refractivity contribution in [3.05, 3.63) is 11.6 Å². The summed E-state index contributed by atoms with van der Waals surface area (Å²) in [6.45, 7) is 29.0. The zero-order valence-corrected chi connectivity index (χ0v) is 57.5. The monoisotopic (exact) mass is 1310 g/mol. The van der Waals surface area contributed by atoms with Gasteiger partial charge < -0.3 is 92.7 Å². The topological polar surface area (TPSA) is 283 Å². The van der Waals surface area contributed by atoms with Gasteiger partial charge in [0.1, 0.15) is 18.2 Å². The average molecular weight is 1320 g/mol. The van der Waals surface area contributed by atoms with Crippen LogP contribution in [0.2, 0.25) is 0 Å². The lowest BCUT2D eigenvalue weighted by Gasteiger charge is -2.58.